The molecule has 0 aromatic heterocycles. The van der Waals surface area contributed by atoms with Crippen molar-refractivity contribution in [1.29, 1.82) is 0 Å². The molecule has 15 heavy (non-hydrogen) atoms. The minimum atomic E-state index is -0.0710. The predicted molar refractivity (Wildman–Crippen MR) is 57.2 cm³/mol. The van der Waals surface area contributed by atoms with Gasteiger partial charge in [0.15, 0.2) is 0 Å². The third kappa shape index (κ3) is 1.27. The van der Waals surface area contributed by atoms with Crippen molar-refractivity contribution in [2.75, 3.05) is 6.61 Å². The summed E-state index contributed by atoms with van der Waals surface area (Å²) in [5.41, 5.74) is 3.82. The number of ether oxygens (including phenoxy) is 1. The van der Waals surface area contributed by atoms with Crippen LogP contribution in [0, 0.1) is 11.8 Å². The van der Waals surface area contributed by atoms with Crippen molar-refractivity contribution in [3.63, 3.8) is 0 Å². The van der Waals surface area contributed by atoms with E-state index in [0.717, 1.165) is 5.57 Å². The molecule has 1 saturated carbocycles. The van der Waals surface area contributed by atoms with Gasteiger partial charge < -0.3 is 4.74 Å². The molecule has 2 aliphatic carbocycles. The van der Waals surface area contributed by atoms with Crippen LogP contribution in [0.2, 0.25) is 0 Å². The number of allylic oxidation sites excluding steroid dienone is 2. The van der Waals surface area contributed by atoms with E-state index in [1.807, 2.05) is 0 Å². The van der Waals surface area contributed by atoms with Crippen LogP contribution >= 0.6 is 0 Å². The van der Waals surface area contributed by atoms with E-state index in [-0.39, 0.29) is 11.9 Å². The molecule has 1 aliphatic heterocycles. The second-order valence-corrected chi connectivity index (χ2v) is 4.84. The van der Waals surface area contributed by atoms with Crippen LogP contribution in [0.1, 0.15) is 32.6 Å². The lowest BCUT2D eigenvalue weighted by molar-refractivity contribution is -0.135. The molecule has 0 radical (unpaired) electrons. The highest BCUT2D eigenvalue weighted by Crippen LogP contribution is 2.43. The zero-order valence-electron chi connectivity index (χ0n) is 9.08. The zero-order chi connectivity index (χ0) is 10.4. The second kappa shape index (κ2) is 3.22. The molecule has 0 spiro atoms. The van der Waals surface area contributed by atoms with Crippen molar-refractivity contribution in [3.05, 3.63) is 22.8 Å². The molecular formula is C13H16O2. The number of hydrogen-bond acceptors (Lipinski definition) is 2. The number of esters is 1. The lowest BCUT2D eigenvalue weighted by atomic mass is 9.72. The highest BCUT2D eigenvalue weighted by atomic mass is 16.5. The second-order valence-electron chi connectivity index (χ2n) is 4.84. The summed E-state index contributed by atoms with van der Waals surface area (Å²) in [6.07, 6.45) is 7.36. The first-order valence-corrected chi connectivity index (χ1v) is 5.86. The third-order valence-corrected chi connectivity index (χ3v) is 4.00. The van der Waals surface area contributed by atoms with Crippen LogP contribution in [0.15, 0.2) is 22.8 Å². The Labute approximate surface area is 90.0 Å². The average Bonchev–Trinajstić information content (AvgIpc) is 2.61. The molecule has 2 fully saturated rings. The van der Waals surface area contributed by atoms with Gasteiger partial charge in [-0.05, 0) is 26.2 Å². The number of hydrogen-bond donors (Lipinski definition) is 0. The molecular weight excluding hydrogens is 188 g/mol. The smallest absolute Gasteiger partial charge is 0.334 e. The third-order valence-electron chi connectivity index (χ3n) is 4.00. The Bertz CT molecular complexity index is 376. The molecule has 0 aromatic carbocycles. The van der Waals surface area contributed by atoms with E-state index in [2.05, 4.69) is 13.0 Å². The van der Waals surface area contributed by atoms with Gasteiger partial charge in [0.1, 0.15) is 6.61 Å². The van der Waals surface area contributed by atoms with Crippen molar-refractivity contribution in [2.45, 2.75) is 32.6 Å². The monoisotopic (exact) mass is 204 g/mol. The van der Waals surface area contributed by atoms with E-state index in [0.29, 0.717) is 12.5 Å². The Morgan fingerprint density at radius 1 is 1.40 bits per heavy atom. The summed E-state index contributed by atoms with van der Waals surface area (Å²) in [5, 5.41) is 0. The molecule has 1 heterocycles. The molecule has 0 amide bonds. The lowest BCUT2D eigenvalue weighted by Crippen LogP contribution is -2.21. The average molecular weight is 204 g/mol. The van der Waals surface area contributed by atoms with E-state index in [1.54, 1.807) is 5.57 Å². The lowest BCUT2D eigenvalue weighted by Gasteiger charge is -2.31. The molecule has 0 unspecified atom stereocenters. The summed E-state index contributed by atoms with van der Waals surface area (Å²) < 4.78 is 5.13. The molecule has 2 heteroatoms. The standard InChI is InChI=1S/C13H16O2/c1-8-11-5-3-2-4-9(11)6-10-7-15-13(14)12(8)10/h6,10-11H,2-5,7H2,1H3/t10-,11+/m1/s1. The van der Waals surface area contributed by atoms with Crippen LogP contribution in [0.25, 0.3) is 0 Å². The van der Waals surface area contributed by atoms with Crippen LogP contribution in [-0.4, -0.2) is 12.6 Å². The number of cyclic esters (lactones) is 1. The summed E-state index contributed by atoms with van der Waals surface area (Å²) in [4.78, 5) is 11.6. The molecule has 3 aliphatic rings. The summed E-state index contributed by atoms with van der Waals surface area (Å²) in [5.74, 6) is 0.746. The van der Waals surface area contributed by atoms with Crippen LogP contribution < -0.4 is 0 Å². The predicted octanol–water partition coefficient (Wildman–Crippen LogP) is 2.61. The Kier molecular flexibility index (Phi) is 1.98. The largest absolute Gasteiger partial charge is 0.461 e. The first-order chi connectivity index (χ1) is 7.27. The molecule has 1 saturated heterocycles. The van der Waals surface area contributed by atoms with Gasteiger partial charge in [0.25, 0.3) is 0 Å². The first kappa shape index (κ1) is 9.20. The maximum Gasteiger partial charge on any atom is 0.334 e. The van der Waals surface area contributed by atoms with Gasteiger partial charge in [-0.25, -0.2) is 4.79 Å². The van der Waals surface area contributed by atoms with Gasteiger partial charge in [-0.15, -0.1) is 0 Å². The molecule has 0 bridgehead atoms. The number of fused-ring (bicyclic) bond motifs is 2. The van der Waals surface area contributed by atoms with E-state index in [4.69, 9.17) is 4.74 Å². The number of carbonyl (C=O) groups excluding carboxylic acids is 1. The fourth-order valence-electron chi connectivity index (χ4n) is 3.24. The molecule has 80 valence electrons. The zero-order valence-corrected chi connectivity index (χ0v) is 9.08. The maximum absolute atomic E-state index is 11.6. The minimum Gasteiger partial charge on any atom is -0.461 e. The van der Waals surface area contributed by atoms with E-state index >= 15 is 0 Å². The molecule has 2 nitrogen and oxygen atoms in total. The summed E-state index contributed by atoms with van der Waals surface area (Å²) in [6.45, 7) is 2.69. The topological polar surface area (TPSA) is 26.3 Å². The van der Waals surface area contributed by atoms with Crippen molar-refractivity contribution < 1.29 is 9.53 Å². The van der Waals surface area contributed by atoms with Crippen LogP contribution in [0.5, 0.6) is 0 Å². The van der Waals surface area contributed by atoms with Crippen LogP contribution in [0.3, 0.4) is 0 Å². The Morgan fingerprint density at radius 3 is 3.13 bits per heavy atom. The molecule has 0 N–H and O–H groups in total. The molecule has 0 aromatic rings. The normalized spacial score (nSPS) is 34.5. The molecule has 2 atom stereocenters. The van der Waals surface area contributed by atoms with Crippen molar-refractivity contribution >= 4 is 5.97 Å². The van der Waals surface area contributed by atoms with E-state index in [9.17, 15) is 4.79 Å². The van der Waals surface area contributed by atoms with E-state index in [1.165, 1.54) is 31.3 Å². The van der Waals surface area contributed by atoms with E-state index < -0.39 is 0 Å². The van der Waals surface area contributed by atoms with Gasteiger partial charge in [0.2, 0.25) is 0 Å². The van der Waals surface area contributed by atoms with Gasteiger partial charge >= 0.3 is 5.97 Å². The summed E-state index contributed by atoms with van der Waals surface area (Å²) >= 11 is 0. The maximum atomic E-state index is 11.6. The fourth-order valence-corrected chi connectivity index (χ4v) is 3.24. The quantitative estimate of drug-likeness (QED) is 0.448. The van der Waals surface area contributed by atoms with Crippen molar-refractivity contribution in [3.8, 4) is 0 Å². The Balaban J connectivity index is 2.03. The van der Waals surface area contributed by atoms with Gasteiger partial charge in [-0.1, -0.05) is 23.6 Å². The van der Waals surface area contributed by atoms with Crippen LogP contribution in [0.4, 0.5) is 0 Å². The van der Waals surface area contributed by atoms with Gasteiger partial charge in [0, 0.05) is 17.4 Å². The number of rotatable bonds is 0. The number of carbonyl (C=O) groups is 1. The van der Waals surface area contributed by atoms with Crippen LogP contribution in [-0.2, 0) is 9.53 Å². The van der Waals surface area contributed by atoms with Crippen molar-refractivity contribution in [2.24, 2.45) is 11.8 Å². The summed E-state index contributed by atoms with van der Waals surface area (Å²) in [7, 11) is 0. The Morgan fingerprint density at radius 2 is 2.27 bits per heavy atom. The minimum absolute atomic E-state index is 0.0710. The highest BCUT2D eigenvalue weighted by Gasteiger charge is 2.38. The Hall–Kier alpha value is -1.05. The van der Waals surface area contributed by atoms with Crippen molar-refractivity contribution in [1.82, 2.24) is 0 Å². The SMILES string of the molecule is CC1=C2C(=O)OC[C@H]2C=C2CCCC[C@H]21. The van der Waals surface area contributed by atoms with Gasteiger partial charge in [0.05, 0.1) is 0 Å². The van der Waals surface area contributed by atoms with Gasteiger partial charge in [-0.2, -0.15) is 0 Å². The van der Waals surface area contributed by atoms with Gasteiger partial charge in [-0.3, -0.25) is 0 Å². The summed E-state index contributed by atoms with van der Waals surface area (Å²) in [6, 6.07) is 0. The fraction of sp³-hybridized carbons (Fsp3) is 0.615. The molecule has 3 rings (SSSR count). The highest BCUT2D eigenvalue weighted by molar-refractivity contribution is 5.93. The first-order valence-electron chi connectivity index (χ1n) is 5.86.